The van der Waals surface area contributed by atoms with Gasteiger partial charge in [0.1, 0.15) is 11.9 Å². The maximum Gasteiger partial charge on any atom is 0.276 e. The second-order valence-corrected chi connectivity index (χ2v) is 8.35. The van der Waals surface area contributed by atoms with Crippen LogP contribution in [0.2, 0.25) is 0 Å². The second kappa shape index (κ2) is 12.4. The molecule has 0 saturated carbocycles. The number of nitrogens with two attached hydrogens (primary N) is 2. The maximum absolute atomic E-state index is 12.9. The predicted molar refractivity (Wildman–Crippen MR) is 115 cm³/mol. The van der Waals surface area contributed by atoms with Crippen molar-refractivity contribution in [3.05, 3.63) is 18.2 Å². The summed E-state index contributed by atoms with van der Waals surface area (Å²) in [6.07, 6.45) is 0. The summed E-state index contributed by atoms with van der Waals surface area (Å²) in [4.78, 5) is 45.3. The quantitative estimate of drug-likeness (QED) is 0.199. The molecule has 2 rings (SSSR count). The number of thiazole rings is 1. The molecule has 194 valence electrons. The van der Waals surface area contributed by atoms with Crippen molar-refractivity contribution in [1.82, 2.24) is 25.7 Å². The first-order valence-electron chi connectivity index (χ1n) is 9.75. The van der Waals surface area contributed by atoms with Crippen LogP contribution in [0.3, 0.4) is 0 Å². The molecule has 1 aromatic carbocycles. The standard InChI is InChI=1S/C17H23F3N8O6S/c1-9(2)15(21)16(31)23-7-13(29)25(3)8-14(30)26(22)27(28(33-19)34-20)17-24-11-5-4-10(32-18)6-12(11)35-17/h4-6,9,15H,7-8,21-22H2,1-3H3,(H,23,31)/t15-/m1/s1. The van der Waals surface area contributed by atoms with Crippen molar-refractivity contribution in [2.75, 3.05) is 25.3 Å². The molecule has 0 radical (unpaired) electrons. The number of anilines is 1. The lowest BCUT2D eigenvalue weighted by Gasteiger charge is -2.32. The Bertz CT molecular complexity index is 1040. The molecule has 1 aromatic heterocycles. The van der Waals surface area contributed by atoms with Gasteiger partial charge < -0.3 is 16.0 Å². The molecule has 2 aromatic rings. The predicted octanol–water partition coefficient (Wildman–Crippen LogP) is 0.390. The number of halogens is 3. The number of carbonyl (C=O) groups is 3. The van der Waals surface area contributed by atoms with E-state index in [1.54, 1.807) is 13.8 Å². The molecule has 0 unspecified atom stereocenters. The van der Waals surface area contributed by atoms with Gasteiger partial charge in [0.05, 0.1) is 22.8 Å². The minimum absolute atomic E-state index is 0.153. The van der Waals surface area contributed by atoms with Crippen molar-refractivity contribution < 1.29 is 43.0 Å². The molecule has 18 heteroatoms. The normalized spacial score (nSPS) is 12.1. The third-order valence-electron chi connectivity index (χ3n) is 4.57. The van der Waals surface area contributed by atoms with Crippen molar-refractivity contribution in [3.8, 4) is 5.75 Å². The topological polar surface area (TPSA) is 169 Å². The molecule has 0 spiro atoms. The van der Waals surface area contributed by atoms with Gasteiger partial charge in [0.25, 0.3) is 5.91 Å². The molecule has 5 N–H and O–H groups in total. The number of nitrogens with one attached hydrogen (secondary N) is 1. The Morgan fingerprint density at radius 3 is 2.40 bits per heavy atom. The largest absolute Gasteiger partial charge is 0.346 e. The fourth-order valence-corrected chi connectivity index (χ4v) is 3.49. The summed E-state index contributed by atoms with van der Waals surface area (Å²) in [7, 11) is 1.22. The summed E-state index contributed by atoms with van der Waals surface area (Å²) < 4.78 is 38.5. The Morgan fingerprint density at radius 1 is 1.17 bits per heavy atom. The van der Waals surface area contributed by atoms with E-state index in [0.717, 1.165) is 4.90 Å². The number of nitrogens with zero attached hydrogens (tertiary/aromatic N) is 5. The number of hydrogen-bond acceptors (Lipinski definition) is 12. The van der Waals surface area contributed by atoms with Crippen molar-refractivity contribution >= 4 is 44.4 Å². The molecule has 35 heavy (non-hydrogen) atoms. The van der Waals surface area contributed by atoms with Crippen LogP contribution in [0, 0.1) is 5.92 Å². The first kappa shape index (κ1) is 28.0. The molecule has 0 bridgehead atoms. The minimum Gasteiger partial charge on any atom is -0.346 e. The van der Waals surface area contributed by atoms with E-state index in [-0.39, 0.29) is 37.3 Å². The van der Waals surface area contributed by atoms with E-state index in [1.807, 2.05) is 0 Å². The van der Waals surface area contributed by atoms with Crippen LogP contribution >= 0.6 is 11.3 Å². The number of carbonyl (C=O) groups excluding carboxylic acids is 3. The second-order valence-electron chi connectivity index (χ2n) is 7.34. The Morgan fingerprint density at radius 2 is 1.83 bits per heavy atom. The summed E-state index contributed by atoms with van der Waals surface area (Å²) in [5.74, 6) is 3.01. The number of hydrogen-bond donors (Lipinski definition) is 3. The van der Waals surface area contributed by atoms with Gasteiger partial charge in [-0.25, -0.2) is 10.8 Å². The Balaban J connectivity index is 2.15. The fourth-order valence-electron chi connectivity index (χ4n) is 2.52. The third-order valence-corrected chi connectivity index (χ3v) is 5.56. The van der Waals surface area contributed by atoms with Crippen LogP contribution in [0.4, 0.5) is 18.7 Å². The average molecular weight is 524 g/mol. The zero-order valence-corrected chi connectivity index (χ0v) is 19.5. The molecule has 14 nitrogen and oxygen atoms in total. The monoisotopic (exact) mass is 524 g/mol. The van der Waals surface area contributed by atoms with E-state index in [0.29, 0.717) is 11.3 Å². The van der Waals surface area contributed by atoms with Crippen LogP contribution < -0.4 is 27.0 Å². The van der Waals surface area contributed by atoms with E-state index >= 15 is 0 Å². The Hall–Kier alpha value is -3.29. The van der Waals surface area contributed by atoms with Gasteiger partial charge in [0.15, 0.2) is 5.75 Å². The smallest absolute Gasteiger partial charge is 0.276 e. The molecular weight excluding hydrogens is 501 g/mol. The number of amides is 3. The number of likely N-dealkylation sites (N-methyl/N-ethyl adjacent to an activating group) is 1. The Kier molecular flexibility index (Phi) is 9.92. The van der Waals surface area contributed by atoms with Crippen LogP contribution in [-0.4, -0.2) is 64.2 Å². The molecule has 3 amide bonds. The molecule has 0 fully saturated rings. The van der Waals surface area contributed by atoms with Gasteiger partial charge in [-0.1, -0.05) is 25.2 Å². The summed E-state index contributed by atoms with van der Waals surface area (Å²) in [6, 6.07) is 2.94. The molecule has 0 aliphatic heterocycles. The highest BCUT2D eigenvalue weighted by molar-refractivity contribution is 7.22. The van der Waals surface area contributed by atoms with E-state index in [1.165, 1.54) is 25.2 Å². The summed E-state index contributed by atoms with van der Waals surface area (Å²) in [5, 5.41) is 8.24. The van der Waals surface area contributed by atoms with Gasteiger partial charge in [0, 0.05) is 17.6 Å². The SMILES string of the molecule is CC(C)[C@@H](N)C(=O)NCC(=O)N(C)CC(=O)N(N)N(c1nc2ccc(OF)cc2s1)N(OF)OF. The van der Waals surface area contributed by atoms with Crippen molar-refractivity contribution in [2.24, 2.45) is 17.5 Å². The highest BCUT2D eigenvalue weighted by Crippen LogP contribution is 2.33. The summed E-state index contributed by atoms with van der Waals surface area (Å²) >= 11 is 0.701. The summed E-state index contributed by atoms with van der Waals surface area (Å²) in [6.45, 7) is 2.28. The molecule has 1 heterocycles. The van der Waals surface area contributed by atoms with Crippen LogP contribution in [0.5, 0.6) is 5.75 Å². The molecule has 0 aliphatic carbocycles. The highest BCUT2D eigenvalue weighted by Gasteiger charge is 2.33. The molecule has 0 saturated heterocycles. The number of rotatable bonds is 12. The van der Waals surface area contributed by atoms with Gasteiger partial charge in [-0.15, -0.1) is 5.12 Å². The van der Waals surface area contributed by atoms with Gasteiger partial charge in [-0.05, 0) is 37.2 Å². The lowest BCUT2D eigenvalue weighted by Crippen LogP contribution is -2.60. The van der Waals surface area contributed by atoms with Crippen molar-refractivity contribution in [2.45, 2.75) is 19.9 Å². The van der Waals surface area contributed by atoms with Crippen molar-refractivity contribution in [3.63, 3.8) is 0 Å². The highest BCUT2D eigenvalue weighted by atomic mass is 32.1. The van der Waals surface area contributed by atoms with Gasteiger partial charge >= 0.3 is 0 Å². The van der Waals surface area contributed by atoms with Gasteiger partial charge in [-0.3, -0.25) is 19.3 Å². The average Bonchev–Trinajstić information content (AvgIpc) is 3.26. The molecule has 1 atom stereocenters. The maximum atomic E-state index is 12.9. The fraction of sp³-hybridized carbons (Fsp3) is 0.412. The number of benzene rings is 1. The van der Waals surface area contributed by atoms with Crippen LogP contribution in [0.1, 0.15) is 13.8 Å². The lowest BCUT2D eigenvalue weighted by molar-refractivity contribution is -0.533. The molecule has 0 aliphatic rings. The Labute approximate surface area is 200 Å². The minimum atomic E-state index is -1.09. The molecular formula is C17H23F3N8O6S. The first-order valence-corrected chi connectivity index (χ1v) is 10.6. The van der Waals surface area contributed by atoms with Crippen LogP contribution in [-0.2, 0) is 24.5 Å². The first-order chi connectivity index (χ1) is 16.5. The van der Waals surface area contributed by atoms with Gasteiger partial charge in [0.2, 0.25) is 16.9 Å². The van der Waals surface area contributed by atoms with E-state index in [2.05, 4.69) is 25.3 Å². The number of aromatic nitrogens is 1. The third kappa shape index (κ3) is 6.87. The van der Waals surface area contributed by atoms with Crippen LogP contribution in [0.25, 0.3) is 10.2 Å². The lowest BCUT2D eigenvalue weighted by atomic mass is 10.1. The van der Waals surface area contributed by atoms with E-state index in [4.69, 9.17) is 11.6 Å². The van der Waals surface area contributed by atoms with Crippen molar-refractivity contribution in [1.29, 1.82) is 0 Å². The zero-order valence-electron chi connectivity index (χ0n) is 18.7. The van der Waals surface area contributed by atoms with E-state index in [9.17, 15) is 28.0 Å². The summed E-state index contributed by atoms with van der Waals surface area (Å²) in [5.41, 5.74) is 5.91. The van der Waals surface area contributed by atoms with Crippen LogP contribution in [0.15, 0.2) is 18.2 Å². The zero-order chi connectivity index (χ0) is 26.3. The number of fused-ring (bicyclic) bond motifs is 1. The number of hydrazine groups is 3. The van der Waals surface area contributed by atoms with Gasteiger partial charge in [-0.2, -0.15) is 5.12 Å². The van der Waals surface area contributed by atoms with E-state index < -0.39 is 42.2 Å².